The van der Waals surface area contributed by atoms with Crippen LogP contribution < -0.4 is 9.96 Å². The van der Waals surface area contributed by atoms with Crippen molar-refractivity contribution in [2.75, 3.05) is 0 Å². The lowest BCUT2D eigenvalue weighted by molar-refractivity contribution is -0.120. The van der Waals surface area contributed by atoms with E-state index >= 15 is 0 Å². The van der Waals surface area contributed by atoms with E-state index in [-0.39, 0.29) is 11.8 Å². The summed E-state index contributed by atoms with van der Waals surface area (Å²) in [6.07, 6.45) is 0.895. The molecule has 100 valence electrons. The third kappa shape index (κ3) is 7.29. The Morgan fingerprint density at radius 1 is 0.882 bits per heavy atom. The predicted molar refractivity (Wildman–Crippen MR) is 72.9 cm³/mol. The Morgan fingerprint density at radius 2 is 1.18 bits per heavy atom. The van der Waals surface area contributed by atoms with E-state index in [9.17, 15) is 9.59 Å². The van der Waals surface area contributed by atoms with Crippen molar-refractivity contribution in [3.8, 4) is 0 Å². The lowest BCUT2D eigenvalue weighted by Gasteiger charge is -2.33. The zero-order valence-electron chi connectivity index (χ0n) is 11.6. The molecule has 2 amide bonds. The molecule has 0 aliphatic rings. The van der Waals surface area contributed by atoms with Crippen LogP contribution >= 0.6 is 0 Å². The van der Waals surface area contributed by atoms with Gasteiger partial charge in [-0.1, -0.05) is 13.8 Å². The lowest BCUT2D eigenvalue weighted by atomic mass is 10.5. The summed E-state index contributed by atoms with van der Waals surface area (Å²) in [5, 5.41) is 0. The van der Waals surface area contributed by atoms with Crippen molar-refractivity contribution in [2.24, 2.45) is 0 Å². The maximum atomic E-state index is 11.4. The van der Waals surface area contributed by atoms with Crippen LogP contribution in [0.25, 0.3) is 0 Å². The minimum Gasteiger partial charge on any atom is -0.424 e. The summed E-state index contributed by atoms with van der Waals surface area (Å²) in [5.41, 5.74) is 0. The van der Waals surface area contributed by atoms with Crippen LogP contribution in [-0.4, -0.2) is 28.8 Å². The second-order valence-corrected chi connectivity index (χ2v) is 12.3. The molecule has 0 bridgehead atoms. The third-order valence-electron chi connectivity index (χ3n) is 2.03. The van der Waals surface area contributed by atoms with E-state index in [4.69, 9.17) is 4.12 Å². The normalized spacial score (nSPS) is 12.1. The number of amides is 2. The molecule has 0 spiro atoms. The number of hydrogen-bond acceptors (Lipinski definition) is 3. The summed E-state index contributed by atoms with van der Waals surface area (Å²) in [5.74, 6) is -0.0124. The summed E-state index contributed by atoms with van der Waals surface area (Å²) < 4.78 is 5.98. The molecule has 17 heavy (non-hydrogen) atoms. The largest absolute Gasteiger partial charge is 0.424 e. The Hall–Kier alpha value is -0.666. The van der Waals surface area contributed by atoms with Crippen LogP contribution in [0.5, 0.6) is 0 Å². The van der Waals surface area contributed by atoms with Gasteiger partial charge in [-0.2, -0.15) is 0 Å². The first-order valence-corrected chi connectivity index (χ1v) is 11.8. The smallest absolute Gasteiger partial charge is 0.284 e. The Kier molecular flexibility index (Phi) is 6.07. The lowest BCUT2D eigenvalue weighted by Crippen LogP contribution is -2.62. The Labute approximate surface area is 106 Å². The summed E-state index contributed by atoms with van der Waals surface area (Å²) in [6.45, 7) is 11.3. The predicted octanol–water partition coefficient (Wildman–Crippen LogP) is 1.46. The van der Waals surface area contributed by atoms with E-state index in [1.807, 2.05) is 26.2 Å². The van der Waals surface area contributed by atoms with E-state index in [2.05, 4.69) is 9.96 Å². The topological polar surface area (TPSA) is 67.4 Å². The maximum absolute atomic E-state index is 11.4. The van der Waals surface area contributed by atoms with Gasteiger partial charge < -0.3 is 14.1 Å². The van der Waals surface area contributed by atoms with Crippen molar-refractivity contribution < 1.29 is 13.7 Å². The molecule has 7 heteroatoms. The quantitative estimate of drug-likeness (QED) is 0.722. The Balaban J connectivity index is 4.46. The fraction of sp³-hybridized carbons (Fsp3) is 0.800. The number of carbonyl (C=O) groups excluding carboxylic acids is 2. The third-order valence-corrected chi connectivity index (χ3v) is 7.88. The van der Waals surface area contributed by atoms with Crippen LogP contribution in [0.4, 0.5) is 0 Å². The molecule has 0 saturated heterocycles. The Morgan fingerprint density at radius 3 is 1.41 bits per heavy atom. The van der Waals surface area contributed by atoms with Crippen molar-refractivity contribution in [2.45, 2.75) is 52.9 Å². The summed E-state index contributed by atoms with van der Waals surface area (Å²) in [6, 6.07) is 0. The molecule has 0 rings (SSSR count). The molecule has 5 nitrogen and oxygen atoms in total. The van der Waals surface area contributed by atoms with Gasteiger partial charge in [-0.25, -0.2) is 0 Å². The van der Waals surface area contributed by atoms with Crippen LogP contribution in [0.1, 0.15) is 26.7 Å². The van der Waals surface area contributed by atoms with Gasteiger partial charge in [0, 0.05) is 12.8 Å². The fourth-order valence-corrected chi connectivity index (χ4v) is 8.75. The standard InChI is InChI=1S/C10H24N2O3Si2/c1-7-9(13)11-16(3,4)15-17(5,6)12-10(14)8-2/h7-8H2,1-6H3,(H,11,13)(H,12,14). The first-order chi connectivity index (χ1) is 7.62. The van der Waals surface area contributed by atoms with Gasteiger partial charge in [0.15, 0.2) is 0 Å². The fourth-order valence-electron chi connectivity index (χ4n) is 1.54. The molecular formula is C10H24N2O3Si2. The van der Waals surface area contributed by atoms with Crippen molar-refractivity contribution in [3.63, 3.8) is 0 Å². The van der Waals surface area contributed by atoms with Gasteiger partial charge in [0.1, 0.15) is 0 Å². The van der Waals surface area contributed by atoms with E-state index in [0.717, 1.165) is 0 Å². The van der Waals surface area contributed by atoms with E-state index in [0.29, 0.717) is 12.8 Å². The van der Waals surface area contributed by atoms with Crippen LogP contribution in [0.15, 0.2) is 0 Å². The summed E-state index contributed by atoms with van der Waals surface area (Å²) in [7, 11) is -4.51. The van der Waals surface area contributed by atoms with Gasteiger partial charge in [0.25, 0.3) is 17.0 Å². The van der Waals surface area contributed by atoms with Crippen molar-refractivity contribution in [3.05, 3.63) is 0 Å². The number of nitrogens with one attached hydrogen (secondary N) is 2. The van der Waals surface area contributed by atoms with Gasteiger partial charge in [-0.3, -0.25) is 9.59 Å². The van der Waals surface area contributed by atoms with Crippen LogP contribution in [-0.2, 0) is 13.7 Å². The second-order valence-electron chi connectivity index (χ2n) is 4.93. The Bertz CT molecular complexity index is 265. The monoisotopic (exact) mass is 276 g/mol. The molecule has 0 aliphatic carbocycles. The average Bonchev–Trinajstić information content (AvgIpc) is 2.13. The molecule has 0 radical (unpaired) electrons. The molecule has 0 heterocycles. The number of rotatable bonds is 6. The van der Waals surface area contributed by atoms with Crippen molar-refractivity contribution in [1.29, 1.82) is 0 Å². The molecule has 0 aromatic carbocycles. The van der Waals surface area contributed by atoms with Crippen LogP contribution in [0.3, 0.4) is 0 Å². The molecule has 0 saturated carbocycles. The van der Waals surface area contributed by atoms with E-state index in [1.54, 1.807) is 13.8 Å². The minimum atomic E-state index is -2.25. The highest BCUT2D eigenvalue weighted by atomic mass is 28.4. The van der Waals surface area contributed by atoms with E-state index in [1.165, 1.54) is 0 Å². The van der Waals surface area contributed by atoms with Gasteiger partial charge >= 0.3 is 0 Å². The van der Waals surface area contributed by atoms with Gasteiger partial charge in [-0.15, -0.1) is 0 Å². The molecule has 0 aromatic heterocycles. The molecule has 0 aromatic rings. The van der Waals surface area contributed by atoms with E-state index < -0.39 is 17.0 Å². The van der Waals surface area contributed by atoms with Gasteiger partial charge in [0.2, 0.25) is 11.8 Å². The molecule has 2 N–H and O–H groups in total. The highest BCUT2D eigenvalue weighted by Crippen LogP contribution is 2.10. The number of hydrogen-bond donors (Lipinski definition) is 2. The summed E-state index contributed by atoms with van der Waals surface area (Å²) in [4.78, 5) is 28.6. The minimum absolute atomic E-state index is 0.00622. The molecule has 0 aliphatic heterocycles. The molecular weight excluding hydrogens is 252 g/mol. The zero-order chi connectivity index (χ0) is 13.7. The molecule has 0 fully saturated rings. The first kappa shape index (κ1) is 16.3. The SMILES string of the molecule is CCC(=O)N[Si](C)(C)O[Si](C)(C)NC(=O)CC. The van der Waals surface area contributed by atoms with Gasteiger partial charge in [0.05, 0.1) is 0 Å². The van der Waals surface area contributed by atoms with Crippen LogP contribution in [0.2, 0.25) is 26.2 Å². The van der Waals surface area contributed by atoms with Crippen molar-refractivity contribution >= 4 is 28.8 Å². The van der Waals surface area contributed by atoms with Crippen LogP contribution in [0, 0.1) is 0 Å². The first-order valence-electron chi connectivity index (χ1n) is 5.94. The van der Waals surface area contributed by atoms with Crippen molar-refractivity contribution in [1.82, 2.24) is 9.96 Å². The maximum Gasteiger partial charge on any atom is 0.284 e. The number of carbonyl (C=O) groups is 2. The zero-order valence-corrected chi connectivity index (χ0v) is 13.6. The van der Waals surface area contributed by atoms with Gasteiger partial charge in [-0.05, 0) is 26.2 Å². The average molecular weight is 276 g/mol. The highest BCUT2D eigenvalue weighted by Gasteiger charge is 2.36. The molecule has 0 atom stereocenters. The molecule has 0 unspecified atom stereocenters. The second kappa shape index (κ2) is 6.32. The highest BCUT2D eigenvalue weighted by molar-refractivity contribution is 6.84. The summed E-state index contributed by atoms with van der Waals surface area (Å²) >= 11 is 0.